The van der Waals surface area contributed by atoms with Gasteiger partial charge in [-0.25, -0.2) is 0 Å². The number of phenolic OH excluding ortho intramolecular Hbond substituents is 2. The highest BCUT2D eigenvalue weighted by Gasteiger charge is 2.40. The third kappa shape index (κ3) is 8.12. The molecule has 1 saturated carbocycles. The lowest BCUT2D eigenvalue weighted by Crippen LogP contribution is -2.31. The predicted octanol–water partition coefficient (Wildman–Crippen LogP) is 5.14. The van der Waals surface area contributed by atoms with Gasteiger partial charge < -0.3 is 34.8 Å². The number of aliphatic hydroxyl groups is 1. The van der Waals surface area contributed by atoms with E-state index in [1.807, 2.05) is 13.1 Å². The summed E-state index contributed by atoms with van der Waals surface area (Å²) in [5.41, 5.74) is 3.89. The lowest BCUT2D eigenvalue weighted by molar-refractivity contribution is -0.147. The Morgan fingerprint density at radius 2 is 1.80 bits per heavy atom. The quantitative estimate of drug-likeness (QED) is 0.215. The first kappa shape index (κ1) is 33.3. The summed E-state index contributed by atoms with van der Waals surface area (Å²) in [5, 5.41) is 33.7. The Hall–Kier alpha value is -3.56. The lowest BCUT2D eigenvalue weighted by Gasteiger charge is -2.39. The molecule has 0 unspecified atom stereocenters. The van der Waals surface area contributed by atoms with Crippen molar-refractivity contribution in [2.75, 3.05) is 34.4 Å². The van der Waals surface area contributed by atoms with E-state index in [-0.39, 0.29) is 54.5 Å². The van der Waals surface area contributed by atoms with Crippen molar-refractivity contribution in [2.24, 2.45) is 17.8 Å². The van der Waals surface area contributed by atoms with E-state index in [0.717, 1.165) is 47.9 Å². The van der Waals surface area contributed by atoms with Gasteiger partial charge in [0.25, 0.3) is 0 Å². The van der Waals surface area contributed by atoms with Crippen LogP contribution in [0, 0.1) is 17.8 Å². The summed E-state index contributed by atoms with van der Waals surface area (Å²) in [5.74, 6) is 1.06. The molecule has 0 radical (unpaired) electrons. The molecule has 4 N–H and O–H groups in total. The summed E-state index contributed by atoms with van der Waals surface area (Å²) in [6.07, 6.45) is 6.68. The molecule has 2 aliphatic rings. The number of fused-ring (bicyclic) bond motifs is 2. The topological polar surface area (TPSA) is 135 Å². The number of methoxy groups -OCH3 is 2. The fraction of sp³-hybridized carbons (Fsp3) is 0.543. The molecule has 5 atom stereocenters. The van der Waals surface area contributed by atoms with Crippen molar-refractivity contribution in [3.63, 3.8) is 0 Å². The summed E-state index contributed by atoms with van der Waals surface area (Å²) in [4.78, 5) is 25.9. The Balaban J connectivity index is 1.63. The molecule has 240 valence electrons. The molecule has 2 aromatic carbocycles. The summed E-state index contributed by atoms with van der Waals surface area (Å²) in [6, 6.07) is 8.74. The second-order valence-corrected chi connectivity index (χ2v) is 12.2. The van der Waals surface area contributed by atoms with Gasteiger partial charge in [0.2, 0.25) is 0 Å². The maximum atomic E-state index is 13.9. The van der Waals surface area contributed by atoms with E-state index in [9.17, 15) is 24.9 Å². The van der Waals surface area contributed by atoms with E-state index in [1.54, 1.807) is 24.3 Å². The van der Waals surface area contributed by atoms with E-state index in [4.69, 9.17) is 14.2 Å². The average molecular weight is 610 g/mol. The number of Topliss-reactive ketones (excluding diaryl/α,β-unsaturated/α-hetero) is 1. The van der Waals surface area contributed by atoms with Gasteiger partial charge in [0.1, 0.15) is 11.9 Å². The van der Waals surface area contributed by atoms with Crippen LogP contribution >= 0.6 is 0 Å². The first-order valence-electron chi connectivity index (χ1n) is 15.6. The molecule has 1 fully saturated rings. The molecule has 2 aliphatic carbocycles. The number of benzene rings is 2. The number of ketones is 1. The molecule has 0 heterocycles. The Morgan fingerprint density at radius 3 is 2.48 bits per heavy atom. The van der Waals surface area contributed by atoms with Crippen LogP contribution in [0.3, 0.4) is 0 Å². The highest BCUT2D eigenvalue weighted by molar-refractivity contribution is 5.82. The van der Waals surface area contributed by atoms with Gasteiger partial charge in [-0.3, -0.25) is 9.59 Å². The lowest BCUT2D eigenvalue weighted by atomic mass is 9.65. The van der Waals surface area contributed by atoms with Crippen molar-refractivity contribution in [3.05, 3.63) is 53.1 Å². The van der Waals surface area contributed by atoms with Gasteiger partial charge in [-0.2, -0.15) is 0 Å². The molecule has 0 saturated heterocycles. The maximum Gasteiger partial charge on any atom is 0.302 e. The number of aliphatic hydroxyl groups excluding tert-OH is 1. The Bertz CT molecular complexity index is 1340. The van der Waals surface area contributed by atoms with Crippen LogP contribution in [0.4, 0.5) is 0 Å². The van der Waals surface area contributed by atoms with Gasteiger partial charge >= 0.3 is 5.97 Å². The van der Waals surface area contributed by atoms with Crippen molar-refractivity contribution in [2.45, 2.75) is 70.3 Å². The van der Waals surface area contributed by atoms with E-state index in [0.29, 0.717) is 36.8 Å². The van der Waals surface area contributed by atoms with Crippen LogP contribution in [0.1, 0.15) is 74.5 Å². The number of ether oxygens (including phenoxy) is 3. The predicted molar refractivity (Wildman–Crippen MR) is 168 cm³/mol. The first-order valence-corrected chi connectivity index (χ1v) is 15.6. The number of likely N-dealkylation sites (N-methyl/N-ethyl adjacent to an activating group) is 1. The number of carbonyl (C=O) groups excluding carboxylic acids is 2. The number of carbonyl (C=O) groups is 2. The maximum absolute atomic E-state index is 13.9. The van der Waals surface area contributed by atoms with Crippen molar-refractivity contribution in [3.8, 4) is 23.0 Å². The monoisotopic (exact) mass is 609 g/mol. The largest absolute Gasteiger partial charge is 0.504 e. The first-order chi connectivity index (χ1) is 21.2. The second-order valence-electron chi connectivity index (χ2n) is 12.2. The summed E-state index contributed by atoms with van der Waals surface area (Å²) in [7, 11) is 4.91. The van der Waals surface area contributed by atoms with Crippen LogP contribution in [-0.2, 0) is 20.7 Å². The highest BCUT2D eigenvalue weighted by atomic mass is 16.5. The molecule has 44 heavy (non-hydrogen) atoms. The van der Waals surface area contributed by atoms with Gasteiger partial charge in [-0.05, 0) is 116 Å². The zero-order valence-electron chi connectivity index (χ0n) is 26.3. The molecule has 0 bridgehead atoms. The van der Waals surface area contributed by atoms with Crippen molar-refractivity contribution in [1.82, 2.24) is 5.32 Å². The molecule has 0 aromatic heterocycles. The van der Waals surface area contributed by atoms with E-state index < -0.39 is 12.1 Å². The van der Waals surface area contributed by atoms with E-state index >= 15 is 0 Å². The molecule has 0 aliphatic heterocycles. The minimum atomic E-state index is -0.596. The third-order valence-corrected chi connectivity index (χ3v) is 9.23. The molecule has 0 amide bonds. The van der Waals surface area contributed by atoms with Gasteiger partial charge in [-0.15, -0.1) is 0 Å². The smallest absolute Gasteiger partial charge is 0.302 e. The zero-order valence-corrected chi connectivity index (χ0v) is 26.3. The molecule has 9 heteroatoms. The van der Waals surface area contributed by atoms with E-state index in [1.165, 1.54) is 21.1 Å². The van der Waals surface area contributed by atoms with Crippen LogP contribution in [0.15, 0.2) is 36.4 Å². The number of esters is 1. The van der Waals surface area contributed by atoms with Crippen LogP contribution in [0.2, 0.25) is 0 Å². The molecule has 4 rings (SSSR count). The SMILES string of the molecule is CNCC1=C[C@H]2CC[C@H](CCO)C[C@@H]2[C@H](CC(=O)C[C@@H](CCc2ccc(O)c(OC)c2)OC(C)=O)c2cc(OC)c(O)cc21. The number of hydrogen-bond donors (Lipinski definition) is 4. The number of rotatable bonds is 14. The van der Waals surface area contributed by atoms with Crippen LogP contribution in [0.25, 0.3) is 5.57 Å². The number of nitrogens with one attached hydrogen (secondary N) is 1. The number of aromatic hydroxyl groups is 2. The van der Waals surface area contributed by atoms with Gasteiger partial charge in [0.15, 0.2) is 23.0 Å². The molecular formula is C35H47NO8. The van der Waals surface area contributed by atoms with Gasteiger partial charge in [-0.1, -0.05) is 12.1 Å². The minimum absolute atomic E-state index is 0.00243. The second kappa shape index (κ2) is 15.4. The molecule has 0 spiro atoms. The van der Waals surface area contributed by atoms with Crippen LogP contribution in [0.5, 0.6) is 23.0 Å². The van der Waals surface area contributed by atoms with Crippen molar-refractivity contribution >= 4 is 17.3 Å². The van der Waals surface area contributed by atoms with E-state index in [2.05, 4.69) is 11.4 Å². The summed E-state index contributed by atoms with van der Waals surface area (Å²) < 4.78 is 16.4. The average Bonchev–Trinajstić information content (AvgIpc) is 3.10. The van der Waals surface area contributed by atoms with Crippen LogP contribution < -0.4 is 14.8 Å². The van der Waals surface area contributed by atoms with Gasteiger partial charge in [0, 0.05) is 32.9 Å². The Labute approximate surface area is 260 Å². The number of phenols is 2. The van der Waals surface area contributed by atoms with Crippen LogP contribution in [-0.4, -0.2) is 67.6 Å². The standard InChI is InChI=1S/C35H47NO8/c1-21(38)44-27(9-6-22-7-10-32(40)34(14-22)42-3)16-26(39)17-30-28-13-23(11-12-37)5-8-24(28)15-25(20-36-2)29-18-33(41)35(43-4)19-31(29)30/h7,10,14-15,18-19,23-24,27-28,30,36-37,40-41H,5-6,8-9,11-13,16-17,20H2,1-4H3/t23-,24-,27-,28+,30+/m1/s1. The molecule has 2 aromatic rings. The molecule has 9 nitrogen and oxygen atoms in total. The zero-order chi connectivity index (χ0) is 31.8. The Morgan fingerprint density at radius 1 is 1.05 bits per heavy atom. The summed E-state index contributed by atoms with van der Waals surface area (Å²) in [6.45, 7) is 2.12. The highest BCUT2D eigenvalue weighted by Crippen LogP contribution is 2.51. The molecular weight excluding hydrogens is 562 g/mol. The fourth-order valence-electron chi connectivity index (χ4n) is 7.18. The third-order valence-electron chi connectivity index (χ3n) is 9.23. The fourth-order valence-corrected chi connectivity index (χ4v) is 7.18. The van der Waals surface area contributed by atoms with Gasteiger partial charge in [0.05, 0.1) is 14.2 Å². The summed E-state index contributed by atoms with van der Waals surface area (Å²) >= 11 is 0. The number of aryl methyl sites for hydroxylation is 1. The van der Waals surface area contributed by atoms with Crippen molar-refractivity contribution in [1.29, 1.82) is 0 Å². The number of hydrogen-bond acceptors (Lipinski definition) is 9. The Kier molecular flexibility index (Phi) is 11.7. The minimum Gasteiger partial charge on any atom is -0.504 e. The van der Waals surface area contributed by atoms with Crippen molar-refractivity contribution < 1.29 is 39.1 Å². The number of allylic oxidation sites excluding steroid dienone is 1. The normalized spacial score (nSPS) is 21.7.